The van der Waals surface area contributed by atoms with E-state index in [1.165, 1.54) is 9.75 Å². The summed E-state index contributed by atoms with van der Waals surface area (Å²) < 4.78 is 6.36. The predicted molar refractivity (Wildman–Crippen MR) is 85.2 cm³/mol. The van der Waals surface area contributed by atoms with Gasteiger partial charge in [-0.3, -0.25) is 0 Å². The first-order valence-electron chi connectivity index (χ1n) is 6.00. The summed E-state index contributed by atoms with van der Waals surface area (Å²) in [6.45, 7) is 2.64. The van der Waals surface area contributed by atoms with Crippen molar-refractivity contribution in [2.75, 3.05) is 19.0 Å². The Kier molecular flexibility index (Phi) is 4.85. The Bertz CT molecular complexity index is 537. The van der Waals surface area contributed by atoms with Crippen LogP contribution in [0.4, 0.5) is 5.69 Å². The maximum Gasteiger partial charge on any atom is 0.120 e. The van der Waals surface area contributed by atoms with E-state index in [9.17, 15) is 0 Å². The Balaban J connectivity index is 2.18. The Labute approximate surface area is 125 Å². The zero-order valence-electron chi connectivity index (χ0n) is 10.9. The van der Waals surface area contributed by atoms with Crippen LogP contribution in [0.15, 0.2) is 34.8 Å². The van der Waals surface area contributed by atoms with Crippen molar-refractivity contribution in [2.45, 2.75) is 13.0 Å². The van der Waals surface area contributed by atoms with Crippen LogP contribution < -0.4 is 15.8 Å². The number of thiophene rings is 1. The first-order valence-corrected chi connectivity index (χ1v) is 7.61. The Morgan fingerprint density at radius 2 is 2.21 bits per heavy atom. The van der Waals surface area contributed by atoms with Gasteiger partial charge < -0.3 is 15.8 Å². The molecule has 0 saturated heterocycles. The lowest BCUT2D eigenvalue weighted by Gasteiger charge is -2.17. The number of hydrogen-bond donors (Lipinski definition) is 2. The molecule has 1 unspecified atom stereocenters. The Morgan fingerprint density at radius 3 is 2.79 bits per heavy atom. The Hall–Kier alpha value is -1.04. The smallest absolute Gasteiger partial charge is 0.120 e. The van der Waals surface area contributed by atoms with Crippen molar-refractivity contribution in [1.29, 1.82) is 0 Å². The minimum Gasteiger partial charge on any atom is -0.497 e. The summed E-state index contributed by atoms with van der Waals surface area (Å²) >= 11 is 5.30. The van der Waals surface area contributed by atoms with Crippen LogP contribution in [-0.2, 0) is 0 Å². The van der Waals surface area contributed by atoms with Gasteiger partial charge in [0, 0.05) is 32.5 Å². The van der Waals surface area contributed by atoms with Crippen molar-refractivity contribution >= 4 is 33.0 Å². The van der Waals surface area contributed by atoms with Crippen LogP contribution in [0.1, 0.15) is 15.8 Å². The minimum atomic E-state index is 0.113. The topological polar surface area (TPSA) is 47.3 Å². The van der Waals surface area contributed by atoms with Crippen molar-refractivity contribution in [3.8, 4) is 5.75 Å². The average Bonchev–Trinajstić information content (AvgIpc) is 2.76. The number of nitrogens with two attached hydrogens (primary N) is 1. The van der Waals surface area contributed by atoms with Gasteiger partial charge >= 0.3 is 0 Å². The number of hydrogen-bond acceptors (Lipinski definition) is 4. The van der Waals surface area contributed by atoms with E-state index in [1.54, 1.807) is 18.4 Å². The number of nitrogens with one attached hydrogen (secondary N) is 1. The lowest BCUT2D eigenvalue weighted by molar-refractivity contribution is 0.415. The van der Waals surface area contributed by atoms with E-state index in [4.69, 9.17) is 10.5 Å². The van der Waals surface area contributed by atoms with Gasteiger partial charge in [0.15, 0.2) is 0 Å². The summed E-state index contributed by atoms with van der Waals surface area (Å²) in [6, 6.07) is 10.1. The fraction of sp³-hybridized carbons (Fsp3) is 0.286. The van der Waals surface area contributed by atoms with Gasteiger partial charge in [0.25, 0.3) is 0 Å². The average molecular weight is 341 g/mol. The highest BCUT2D eigenvalue weighted by Gasteiger charge is 2.14. The van der Waals surface area contributed by atoms with E-state index in [-0.39, 0.29) is 6.04 Å². The molecule has 0 amide bonds. The van der Waals surface area contributed by atoms with Gasteiger partial charge in [0.2, 0.25) is 0 Å². The second kappa shape index (κ2) is 6.41. The highest BCUT2D eigenvalue weighted by molar-refractivity contribution is 9.10. The van der Waals surface area contributed by atoms with Crippen molar-refractivity contribution in [3.05, 3.63) is 44.6 Å². The van der Waals surface area contributed by atoms with Gasteiger partial charge in [-0.05, 0) is 41.1 Å². The summed E-state index contributed by atoms with van der Waals surface area (Å²) in [5, 5.41) is 3.44. The fourth-order valence-corrected chi connectivity index (χ4v) is 3.44. The summed E-state index contributed by atoms with van der Waals surface area (Å²) in [6.07, 6.45) is 0. The van der Waals surface area contributed by atoms with Crippen molar-refractivity contribution in [1.82, 2.24) is 0 Å². The van der Waals surface area contributed by atoms with Gasteiger partial charge in [0.05, 0.1) is 13.2 Å². The molecule has 1 aromatic carbocycles. The lowest BCUT2D eigenvalue weighted by atomic mass is 10.2. The molecule has 0 fully saturated rings. The largest absolute Gasteiger partial charge is 0.497 e. The molecular formula is C14H17BrN2OS. The summed E-state index contributed by atoms with van der Waals surface area (Å²) in [4.78, 5) is 2.50. The van der Waals surface area contributed by atoms with Crippen LogP contribution >= 0.6 is 27.3 Å². The number of methoxy groups -OCH3 is 1. The van der Waals surface area contributed by atoms with E-state index in [0.717, 1.165) is 15.9 Å². The van der Waals surface area contributed by atoms with Crippen LogP contribution in [0.25, 0.3) is 0 Å². The monoisotopic (exact) mass is 340 g/mol. The van der Waals surface area contributed by atoms with Gasteiger partial charge in [-0.15, -0.1) is 11.3 Å². The highest BCUT2D eigenvalue weighted by Crippen LogP contribution is 2.32. The maximum absolute atomic E-state index is 5.88. The zero-order valence-corrected chi connectivity index (χ0v) is 13.3. The van der Waals surface area contributed by atoms with E-state index < -0.39 is 0 Å². The van der Waals surface area contributed by atoms with E-state index in [0.29, 0.717) is 6.54 Å². The van der Waals surface area contributed by atoms with Crippen LogP contribution in [0, 0.1) is 6.92 Å². The second-order valence-electron chi connectivity index (χ2n) is 4.22. The number of benzene rings is 1. The first kappa shape index (κ1) is 14.4. The molecule has 19 heavy (non-hydrogen) atoms. The number of halogens is 1. The molecule has 5 heteroatoms. The maximum atomic E-state index is 5.88. The quantitative estimate of drug-likeness (QED) is 0.866. The molecule has 2 aromatic rings. The number of anilines is 1. The third-order valence-corrected chi connectivity index (χ3v) is 5.12. The van der Waals surface area contributed by atoms with Gasteiger partial charge in [0.1, 0.15) is 5.75 Å². The first-order chi connectivity index (χ1) is 9.13. The molecule has 1 aromatic heterocycles. The van der Waals surface area contributed by atoms with Crippen LogP contribution in [0.2, 0.25) is 0 Å². The second-order valence-corrected chi connectivity index (χ2v) is 6.36. The summed E-state index contributed by atoms with van der Waals surface area (Å²) in [5.74, 6) is 0.837. The highest BCUT2D eigenvalue weighted by atomic mass is 79.9. The van der Waals surface area contributed by atoms with Crippen molar-refractivity contribution in [3.63, 3.8) is 0 Å². The molecule has 0 aliphatic carbocycles. The molecule has 0 saturated carbocycles. The van der Waals surface area contributed by atoms with E-state index >= 15 is 0 Å². The molecule has 0 aliphatic heterocycles. The predicted octanol–water partition coefficient (Wildman–Crippen LogP) is 3.94. The van der Waals surface area contributed by atoms with E-state index in [1.807, 2.05) is 24.3 Å². The normalized spacial score (nSPS) is 12.2. The lowest BCUT2D eigenvalue weighted by Crippen LogP contribution is -2.19. The number of aryl methyl sites for hydroxylation is 1. The van der Waals surface area contributed by atoms with Crippen LogP contribution in [-0.4, -0.2) is 13.7 Å². The fourth-order valence-electron chi connectivity index (χ4n) is 1.81. The third-order valence-electron chi connectivity index (χ3n) is 2.87. The van der Waals surface area contributed by atoms with Gasteiger partial charge in [-0.2, -0.15) is 0 Å². The van der Waals surface area contributed by atoms with Gasteiger partial charge in [-0.1, -0.05) is 6.07 Å². The molecule has 0 radical (unpaired) electrons. The molecule has 1 heterocycles. The van der Waals surface area contributed by atoms with Crippen molar-refractivity contribution < 1.29 is 4.74 Å². The molecule has 3 nitrogen and oxygen atoms in total. The summed E-state index contributed by atoms with van der Waals surface area (Å²) in [7, 11) is 1.67. The SMILES string of the molecule is COc1cccc(NC(CN)c2cc(Br)c(C)s2)c1. The number of rotatable bonds is 5. The molecule has 0 bridgehead atoms. The molecule has 3 N–H and O–H groups in total. The molecule has 2 rings (SSSR count). The van der Waals surface area contributed by atoms with Crippen LogP contribution in [0.5, 0.6) is 5.75 Å². The molecule has 102 valence electrons. The summed E-state index contributed by atoms with van der Waals surface area (Å²) in [5.41, 5.74) is 6.89. The minimum absolute atomic E-state index is 0.113. The van der Waals surface area contributed by atoms with Crippen molar-refractivity contribution in [2.24, 2.45) is 5.73 Å². The number of ether oxygens (including phenoxy) is 1. The Morgan fingerprint density at radius 1 is 1.42 bits per heavy atom. The third kappa shape index (κ3) is 3.49. The molecule has 0 spiro atoms. The standard InChI is InChI=1S/C14H17BrN2OS/c1-9-12(15)7-14(19-9)13(8-16)17-10-4-3-5-11(6-10)18-2/h3-7,13,17H,8,16H2,1-2H3. The van der Waals surface area contributed by atoms with Gasteiger partial charge in [-0.25, -0.2) is 0 Å². The molecule has 1 atom stereocenters. The zero-order chi connectivity index (χ0) is 13.8. The molecular weight excluding hydrogens is 324 g/mol. The van der Waals surface area contributed by atoms with E-state index in [2.05, 4.69) is 34.2 Å². The van der Waals surface area contributed by atoms with Crippen LogP contribution in [0.3, 0.4) is 0 Å². The molecule has 0 aliphatic rings.